The number of nitrogens with one attached hydrogen (secondary N) is 1. The molecule has 0 bridgehead atoms. The first-order valence-corrected chi connectivity index (χ1v) is 9.38. The molecule has 4 rings (SSSR count). The van der Waals surface area contributed by atoms with Crippen molar-refractivity contribution in [2.75, 3.05) is 13.7 Å². The molecule has 0 radical (unpaired) electrons. The van der Waals surface area contributed by atoms with E-state index in [1.165, 1.54) is 13.2 Å². The van der Waals surface area contributed by atoms with Gasteiger partial charge in [-0.25, -0.2) is 4.79 Å². The van der Waals surface area contributed by atoms with E-state index in [4.69, 9.17) is 9.47 Å². The summed E-state index contributed by atoms with van der Waals surface area (Å²) in [4.78, 5) is 26.2. The monoisotopic (exact) mass is 391 g/mol. The van der Waals surface area contributed by atoms with E-state index in [-0.39, 0.29) is 23.9 Å². The van der Waals surface area contributed by atoms with E-state index >= 15 is 0 Å². The minimum atomic E-state index is -0.639. The van der Waals surface area contributed by atoms with Crippen LogP contribution in [0.25, 0.3) is 5.70 Å². The Bertz CT molecular complexity index is 1100. The fourth-order valence-electron chi connectivity index (χ4n) is 4.02. The number of rotatable bonds is 4. The number of Topliss-reactive ketones (excluding diaryl/α,β-unsaturated/α-hetero) is 1. The first kappa shape index (κ1) is 18.8. The number of hydrogen-bond acceptors (Lipinski definition) is 6. The quantitative estimate of drug-likeness (QED) is 0.776. The Morgan fingerprint density at radius 1 is 1.17 bits per heavy atom. The second-order valence-electron chi connectivity index (χ2n) is 6.91. The summed E-state index contributed by atoms with van der Waals surface area (Å²) < 4.78 is 10.5. The van der Waals surface area contributed by atoms with Crippen LogP contribution in [-0.2, 0) is 9.53 Å². The molecule has 1 aliphatic heterocycles. The Labute approximate surface area is 168 Å². The number of hydrogen-bond donors (Lipinski definition) is 2. The van der Waals surface area contributed by atoms with Crippen molar-refractivity contribution >= 4 is 17.4 Å². The lowest BCUT2D eigenvalue weighted by Crippen LogP contribution is -2.29. The molecule has 6 heteroatoms. The molecule has 2 aromatic carbocycles. The van der Waals surface area contributed by atoms with Crippen LogP contribution in [0.3, 0.4) is 0 Å². The molecule has 6 nitrogen and oxygen atoms in total. The van der Waals surface area contributed by atoms with Gasteiger partial charge in [0.25, 0.3) is 0 Å². The molecule has 0 unspecified atom stereocenters. The minimum Gasteiger partial charge on any atom is -0.504 e. The van der Waals surface area contributed by atoms with Gasteiger partial charge in [-0.1, -0.05) is 30.3 Å². The third-order valence-corrected chi connectivity index (χ3v) is 5.28. The fraction of sp³-hybridized carbons (Fsp3) is 0.217. The number of ketones is 1. The van der Waals surface area contributed by atoms with Crippen LogP contribution in [0.15, 0.2) is 59.3 Å². The molecule has 0 amide bonds. The van der Waals surface area contributed by atoms with Crippen LogP contribution >= 0.6 is 0 Å². The highest BCUT2D eigenvalue weighted by molar-refractivity contribution is 6.23. The van der Waals surface area contributed by atoms with E-state index in [2.05, 4.69) is 5.32 Å². The van der Waals surface area contributed by atoms with Gasteiger partial charge in [-0.15, -0.1) is 0 Å². The minimum absolute atomic E-state index is 0.0150. The van der Waals surface area contributed by atoms with Crippen molar-refractivity contribution in [3.05, 3.63) is 76.0 Å². The molecule has 29 heavy (non-hydrogen) atoms. The van der Waals surface area contributed by atoms with E-state index < -0.39 is 11.9 Å². The number of phenolic OH excluding ortho intramolecular Hbond substituents is 1. The number of fused-ring (bicyclic) bond motifs is 2. The lowest BCUT2D eigenvalue weighted by atomic mass is 9.79. The summed E-state index contributed by atoms with van der Waals surface area (Å²) in [5.41, 5.74) is 4.27. The summed E-state index contributed by atoms with van der Waals surface area (Å²) in [7, 11) is 1.45. The van der Waals surface area contributed by atoms with Crippen LogP contribution in [0.4, 0.5) is 0 Å². The zero-order valence-corrected chi connectivity index (χ0v) is 16.4. The van der Waals surface area contributed by atoms with Crippen molar-refractivity contribution in [3.63, 3.8) is 0 Å². The number of carbonyl (C=O) groups excluding carboxylic acids is 2. The van der Waals surface area contributed by atoms with Crippen molar-refractivity contribution in [2.45, 2.75) is 19.8 Å². The standard InChI is InChI=1S/C23H21NO5/c1-4-29-23(27)18-12(2)24-21-14-7-5-6-8-15(14)22(26)20(21)19(18)13-9-10-16(25)17(11-13)28-3/h5-11,19,24-25H,4H2,1-3H3/t19-/m0/s1. The van der Waals surface area contributed by atoms with Gasteiger partial charge in [0.15, 0.2) is 17.3 Å². The summed E-state index contributed by atoms with van der Waals surface area (Å²) in [5, 5.41) is 13.3. The highest BCUT2D eigenvalue weighted by Crippen LogP contribution is 2.47. The van der Waals surface area contributed by atoms with Crippen LogP contribution in [0.1, 0.15) is 41.3 Å². The molecule has 2 aliphatic rings. The van der Waals surface area contributed by atoms with Gasteiger partial charge < -0.3 is 19.9 Å². The van der Waals surface area contributed by atoms with Gasteiger partial charge in [-0.3, -0.25) is 4.79 Å². The third kappa shape index (κ3) is 2.88. The number of ether oxygens (including phenoxy) is 2. The third-order valence-electron chi connectivity index (χ3n) is 5.28. The number of phenols is 1. The Morgan fingerprint density at radius 3 is 2.59 bits per heavy atom. The van der Waals surface area contributed by atoms with Crippen LogP contribution in [-0.4, -0.2) is 30.6 Å². The van der Waals surface area contributed by atoms with Gasteiger partial charge >= 0.3 is 5.97 Å². The average molecular weight is 391 g/mol. The highest BCUT2D eigenvalue weighted by Gasteiger charge is 2.43. The van der Waals surface area contributed by atoms with Crippen LogP contribution in [0, 0.1) is 0 Å². The van der Waals surface area contributed by atoms with Crippen LogP contribution in [0.5, 0.6) is 11.5 Å². The van der Waals surface area contributed by atoms with Gasteiger partial charge in [-0.2, -0.15) is 0 Å². The fourth-order valence-corrected chi connectivity index (χ4v) is 4.02. The highest BCUT2D eigenvalue weighted by atomic mass is 16.5. The zero-order chi connectivity index (χ0) is 20.7. The summed E-state index contributed by atoms with van der Waals surface area (Å²) >= 11 is 0. The van der Waals surface area contributed by atoms with E-state index in [1.54, 1.807) is 32.0 Å². The van der Waals surface area contributed by atoms with Crippen LogP contribution < -0.4 is 10.1 Å². The Hall–Kier alpha value is -3.54. The number of esters is 1. The van der Waals surface area contributed by atoms with Crippen molar-refractivity contribution < 1.29 is 24.2 Å². The molecule has 1 aliphatic carbocycles. The Morgan fingerprint density at radius 2 is 1.90 bits per heavy atom. The van der Waals surface area contributed by atoms with E-state index in [1.807, 2.05) is 18.2 Å². The molecule has 0 fully saturated rings. The van der Waals surface area contributed by atoms with Crippen molar-refractivity contribution in [1.82, 2.24) is 5.32 Å². The predicted molar refractivity (Wildman–Crippen MR) is 108 cm³/mol. The van der Waals surface area contributed by atoms with Gasteiger partial charge in [0, 0.05) is 28.3 Å². The second kappa shape index (κ2) is 7.13. The molecule has 0 aromatic heterocycles. The maximum absolute atomic E-state index is 13.3. The number of carbonyl (C=O) groups is 2. The molecule has 148 valence electrons. The topological polar surface area (TPSA) is 84.9 Å². The summed E-state index contributed by atoms with van der Waals surface area (Å²) in [6.07, 6.45) is 0. The number of methoxy groups -OCH3 is 1. The van der Waals surface area contributed by atoms with Gasteiger partial charge in [0.2, 0.25) is 0 Å². The number of benzene rings is 2. The van der Waals surface area contributed by atoms with Crippen molar-refractivity contribution in [1.29, 1.82) is 0 Å². The molecular formula is C23H21NO5. The molecule has 1 atom stereocenters. The lowest BCUT2D eigenvalue weighted by Gasteiger charge is -2.29. The van der Waals surface area contributed by atoms with E-state index in [0.717, 1.165) is 5.56 Å². The molecule has 2 N–H and O–H groups in total. The lowest BCUT2D eigenvalue weighted by molar-refractivity contribution is -0.138. The summed E-state index contributed by atoms with van der Waals surface area (Å²) in [6, 6.07) is 12.2. The number of allylic oxidation sites excluding steroid dienone is 2. The van der Waals surface area contributed by atoms with Crippen LogP contribution in [0.2, 0.25) is 0 Å². The Balaban J connectivity index is 1.94. The molecular weight excluding hydrogens is 370 g/mol. The van der Waals surface area contributed by atoms with Gasteiger partial charge in [0.1, 0.15) is 0 Å². The maximum Gasteiger partial charge on any atom is 0.336 e. The predicted octanol–water partition coefficient (Wildman–Crippen LogP) is 3.53. The first-order valence-electron chi connectivity index (χ1n) is 9.38. The van der Waals surface area contributed by atoms with Crippen molar-refractivity contribution in [3.8, 4) is 11.5 Å². The second-order valence-corrected chi connectivity index (χ2v) is 6.91. The molecule has 0 spiro atoms. The number of dihydropyridines is 1. The van der Waals surface area contributed by atoms with E-state index in [9.17, 15) is 14.7 Å². The average Bonchev–Trinajstić information content (AvgIpc) is 3.00. The largest absolute Gasteiger partial charge is 0.504 e. The van der Waals surface area contributed by atoms with Gasteiger partial charge in [0.05, 0.1) is 25.0 Å². The smallest absolute Gasteiger partial charge is 0.336 e. The maximum atomic E-state index is 13.3. The normalized spacial score (nSPS) is 17.6. The van der Waals surface area contributed by atoms with Gasteiger partial charge in [-0.05, 0) is 31.5 Å². The summed E-state index contributed by atoms with van der Waals surface area (Å²) in [5.74, 6) is -0.996. The SMILES string of the molecule is CCOC(=O)C1=C(C)NC2=C(C(=O)c3ccccc32)[C@H]1c1ccc(O)c(OC)c1. The number of aromatic hydroxyl groups is 1. The zero-order valence-electron chi connectivity index (χ0n) is 16.4. The summed E-state index contributed by atoms with van der Waals surface area (Å²) in [6.45, 7) is 3.76. The molecule has 0 saturated heterocycles. The first-order chi connectivity index (χ1) is 14.0. The molecule has 1 heterocycles. The Kier molecular flexibility index (Phi) is 4.62. The van der Waals surface area contributed by atoms with E-state index in [0.29, 0.717) is 33.7 Å². The van der Waals surface area contributed by atoms with Crippen molar-refractivity contribution in [2.24, 2.45) is 0 Å². The molecule has 2 aromatic rings. The molecule has 0 saturated carbocycles.